The molecule has 4 aromatic rings. The van der Waals surface area contributed by atoms with Crippen LogP contribution in [0.25, 0.3) is 24.3 Å². The van der Waals surface area contributed by atoms with E-state index in [1.54, 1.807) is 22.3 Å². The summed E-state index contributed by atoms with van der Waals surface area (Å²) in [4.78, 5) is 0. The van der Waals surface area contributed by atoms with Gasteiger partial charge in [-0.2, -0.15) is 0 Å². The largest absolute Gasteiger partial charge is 1.00 e. The fraction of sp³-hybridized carbons (Fsp3) is 0.158. The fourth-order valence-corrected chi connectivity index (χ4v) is 12.6. The maximum atomic E-state index is 2.55. The van der Waals surface area contributed by atoms with Gasteiger partial charge in [0.05, 0.1) is 0 Å². The fourth-order valence-electron chi connectivity index (χ4n) is 7.35. The minimum atomic E-state index is -1.03. The Labute approximate surface area is 267 Å². The van der Waals surface area contributed by atoms with Crippen molar-refractivity contribution < 1.29 is 48.0 Å². The topological polar surface area (TPSA) is 0 Å². The molecule has 41 heavy (non-hydrogen) atoms. The SMILES string of the molecule is Cc1cccc2c1C=CC2C1=Cc2ccccc2[CH]1[Zr+2][CH]1C(C2C=Cc3c(C)cccc32)=Cc2ccccc21.[Cl-].[Cl-]. The van der Waals surface area contributed by atoms with E-state index in [9.17, 15) is 0 Å². The molecule has 0 heterocycles. The van der Waals surface area contributed by atoms with E-state index in [4.69, 9.17) is 0 Å². The Morgan fingerprint density at radius 2 is 0.902 bits per heavy atom. The number of fused-ring (bicyclic) bond motifs is 4. The second-order valence-electron chi connectivity index (χ2n) is 11.4. The molecule has 4 aromatic carbocycles. The second-order valence-corrected chi connectivity index (χ2v) is 15.1. The first-order chi connectivity index (χ1) is 19.2. The Hall–Kier alpha value is -2.70. The molecule has 0 aromatic heterocycles. The Bertz CT molecular complexity index is 1660. The van der Waals surface area contributed by atoms with Crippen molar-refractivity contribution in [3.05, 3.63) is 164 Å². The molecule has 0 bridgehead atoms. The summed E-state index contributed by atoms with van der Waals surface area (Å²) in [5.74, 6) is 0.772. The Morgan fingerprint density at radius 1 is 0.488 bits per heavy atom. The third-order valence-corrected chi connectivity index (χ3v) is 14.1. The van der Waals surface area contributed by atoms with Crippen molar-refractivity contribution in [1.29, 1.82) is 0 Å². The van der Waals surface area contributed by atoms with Crippen LogP contribution in [-0.2, 0) is 23.2 Å². The summed E-state index contributed by atoms with van der Waals surface area (Å²) in [6, 6.07) is 32.1. The summed E-state index contributed by atoms with van der Waals surface area (Å²) < 4.78 is 1.13. The van der Waals surface area contributed by atoms with Gasteiger partial charge in [0.1, 0.15) is 0 Å². The molecule has 4 unspecified atom stereocenters. The van der Waals surface area contributed by atoms with Crippen molar-refractivity contribution in [3.63, 3.8) is 0 Å². The average Bonchev–Trinajstić information content (AvgIpc) is 3.73. The molecule has 0 fully saturated rings. The molecule has 8 rings (SSSR count). The van der Waals surface area contributed by atoms with Gasteiger partial charge in [0.2, 0.25) is 0 Å². The monoisotopic (exact) mass is 646 g/mol. The number of aryl methyl sites for hydroxylation is 2. The summed E-state index contributed by atoms with van der Waals surface area (Å²) in [6.45, 7) is 4.50. The van der Waals surface area contributed by atoms with Crippen molar-refractivity contribution >= 4 is 24.3 Å². The van der Waals surface area contributed by atoms with E-state index in [-0.39, 0.29) is 24.8 Å². The predicted octanol–water partition coefficient (Wildman–Crippen LogP) is 3.59. The third kappa shape index (κ3) is 4.53. The number of halogens is 2. The van der Waals surface area contributed by atoms with Gasteiger partial charge in [-0.15, -0.1) is 0 Å². The van der Waals surface area contributed by atoms with Gasteiger partial charge in [0, 0.05) is 0 Å². The zero-order valence-corrected chi connectivity index (χ0v) is 27.1. The summed E-state index contributed by atoms with van der Waals surface area (Å²) in [5.41, 5.74) is 17.9. The van der Waals surface area contributed by atoms with Crippen molar-refractivity contribution in [3.8, 4) is 0 Å². The summed E-state index contributed by atoms with van der Waals surface area (Å²) in [6.07, 6.45) is 14.8. The van der Waals surface area contributed by atoms with E-state index in [0.29, 0.717) is 19.1 Å². The number of hydrogen-bond acceptors (Lipinski definition) is 0. The predicted molar refractivity (Wildman–Crippen MR) is 160 cm³/mol. The quantitative estimate of drug-likeness (QED) is 0.318. The maximum Gasteiger partial charge on any atom is -1.00 e. The van der Waals surface area contributed by atoms with Crippen molar-refractivity contribution in [2.75, 3.05) is 0 Å². The van der Waals surface area contributed by atoms with Crippen LogP contribution >= 0.6 is 0 Å². The number of hydrogen-bond donors (Lipinski definition) is 0. The van der Waals surface area contributed by atoms with E-state index >= 15 is 0 Å². The van der Waals surface area contributed by atoms with E-state index in [2.05, 4.69) is 135 Å². The molecule has 200 valence electrons. The zero-order valence-electron chi connectivity index (χ0n) is 23.1. The van der Waals surface area contributed by atoms with E-state index in [1.165, 1.54) is 44.5 Å². The summed E-state index contributed by atoms with van der Waals surface area (Å²) in [7, 11) is 0. The normalized spacial score (nSPS) is 22.0. The van der Waals surface area contributed by atoms with Crippen LogP contribution in [-0.4, -0.2) is 0 Å². The molecular formula is C38H30Cl2Zr. The van der Waals surface area contributed by atoms with E-state index in [1.807, 2.05) is 0 Å². The van der Waals surface area contributed by atoms with Crippen molar-refractivity contribution in [1.82, 2.24) is 0 Å². The number of benzene rings is 4. The Morgan fingerprint density at radius 3 is 1.37 bits per heavy atom. The van der Waals surface area contributed by atoms with Gasteiger partial charge in [-0.1, -0.05) is 0 Å². The van der Waals surface area contributed by atoms with Crippen LogP contribution in [0, 0.1) is 13.8 Å². The maximum absolute atomic E-state index is 2.55. The zero-order chi connectivity index (χ0) is 26.1. The van der Waals surface area contributed by atoms with E-state index < -0.39 is 23.2 Å². The number of allylic oxidation sites excluding steroid dienone is 4. The molecule has 4 atom stereocenters. The average molecular weight is 649 g/mol. The molecule has 3 heteroatoms. The van der Waals surface area contributed by atoms with Gasteiger partial charge in [-0.3, -0.25) is 0 Å². The standard InChI is InChI=1S/2C19H15.2ClH.Zr/c2*1-13-5-4-8-19-17(13)9-10-18(19)16-11-14-6-2-3-7-15(14)12-16;;;/h2*2-12,18H,1H3;2*1H;/q;;;;+2/p-2. The van der Waals surface area contributed by atoms with Crippen LogP contribution in [0.3, 0.4) is 0 Å². The first-order valence-electron chi connectivity index (χ1n) is 14.1. The third-order valence-electron chi connectivity index (χ3n) is 9.27. The first kappa shape index (κ1) is 28.4. The molecular weight excluding hydrogens is 619 g/mol. The Kier molecular flexibility index (Phi) is 7.75. The molecule has 4 aliphatic rings. The molecule has 0 spiro atoms. The van der Waals surface area contributed by atoms with Crippen LogP contribution in [0.1, 0.15) is 74.7 Å². The van der Waals surface area contributed by atoms with Crippen molar-refractivity contribution in [2.45, 2.75) is 32.9 Å². The Balaban J connectivity index is 0.00000151. The van der Waals surface area contributed by atoms with Crippen molar-refractivity contribution in [2.24, 2.45) is 0 Å². The van der Waals surface area contributed by atoms with E-state index in [0.717, 1.165) is 0 Å². The van der Waals surface area contributed by atoms with Gasteiger partial charge in [-0.25, -0.2) is 0 Å². The molecule has 0 saturated carbocycles. The van der Waals surface area contributed by atoms with Crippen LogP contribution in [0.4, 0.5) is 0 Å². The molecule has 0 saturated heterocycles. The van der Waals surface area contributed by atoms with Crippen LogP contribution in [0.5, 0.6) is 0 Å². The molecule has 0 amide bonds. The molecule has 0 aliphatic heterocycles. The van der Waals surface area contributed by atoms with Crippen LogP contribution in [0.15, 0.2) is 108 Å². The smallest absolute Gasteiger partial charge is 1.00 e. The molecule has 0 radical (unpaired) electrons. The summed E-state index contributed by atoms with van der Waals surface area (Å²) >= 11 is -1.03. The van der Waals surface area contributed by atoms with Crippen LogP contribution in [0.2, 0.25) is 0 Å². The number of rotatable bonds is 4. The summed E-state index contributed by atoms with van der Waals surface area (Å²) in [5, 5.41) is 0. The van der Waals surface area contributed by atoms with Crippen LogP contribution < -0.4 is 24.8 Å². The van der Waals surface area contributed by atoms with Gasteiger partial charge in [0.25, 0.3) is 0 Å². The molecule has 0 nitrogen and oxygen atoms in total. The van der Waals surface area contributed by atoms with Gasteiger partial charge < -0.3 is 24.8 Å². The minimum absolute atomic E-state index is 0. The van der Waals surface area contributed by atoms with Gasteiger partial charge in [-0.05, 0) is 0 Å². The first-order valence-corrected chi connectivity index (χ1v) is 16.9. The molecule has 0 N–H and O–H groups in total. The minimum Gasteiger partial charge on any atom is -1.00 e. The van der Waals surface area contributed by atoms with Gasteiger partial charge >= 0.3 is 244 Å². The molecule has 4 aliphatic carbocycles. The second kappa shape index (κ2) is 11.2. The van der Waals surface area contributed by atoms with Gasteiger partial charge in [0.15, 0.2) is 0 Å².